The smallest absolute Gasteiger partial charge is 0.0330 e. The van der Waals surface area contributed by atoms with Gasteiger partial charge in [0, 0.05) is 11.6 Å². The highest BCUT2D eigenvalue weighted by molar-refractivity contribution is 5.34. The predicted molar refractivity (Wildman–Crippen MR) is 78.8 cm³/mol. The van der Waals surface area contributed by atoms with E-state index in [1.54, 1.807) is 0 Å². The Morgan fingerprint density at radius 3 is 2.44 bits per heavy atom. The SMILES string of the molecule is CC(C)(C)CC(C)(C)NC1CCc2ccccc21. The minimum atomic E-state index is 0.195. The van der Waals surface area contributed by atoms with Crippen molar-refractivity contribution in [3.63, 3.8) is 0 Å². The van der Waals surface area contributed by atoms with Gasteiger partial charge in [-0.1, -0.05) is 45.0 Å². The third kappa shape index (κ3) is 3.35. The highest BCUT2D eigenvalue weighted by Gasteiger charge is 2.30. The lowest BCUT2D eigenvalue weighted by atomic mass is 9.81. The van der Waals surface area contributed by atoms with Gasteiger partial charge in [-0.05, 0) is 49.7 Å². The fraction of sp³-hybridized carbons (Fsp3) is 0.647. The number of fused-ring (bicyclic) bond motifs is 1. The van der Waals surface area contributed by atoms with Gasteiger partial charge in [0.25, 0.3) is 0 Å². The second-order valence-corrected chi connectivity index (χ2v) is 7.56. The summed E-state index contributed by atoms with van der Waals surface area (Å²) in [5.41, 5.74) is 3.61. The van der Waals surface area contributed by atoms with Crippen LogP contribution in [0.25, 0.3) is 0 Å². The third-order valence-corrected chi connectivity index (χ3v) is 3.67. The van der Waals surface area contributed by atoms with Crippen LogP contribution < -0.4 is 5.32 Å². The maximum Gasteiger partial charge on any atom is 0.0330 e. The van der Waals surface area contributed by atoms with E-state index in [1.807, 2.05) is 0 Å². The molecule has 0 aromatic heterocycles. The van der Waals surface area contributed by atoms with Gasteiger partial charge in [-0.25, -0.2) is 0 Å². The minimum Gasteiger partial charge on any atom is -0.305 e. The standard InChI is InChI=1S/C17H27N/c1-16(2,3)12-17(4,5)18-15-11-10-13-8-6-7-9-14(13)15/h6-9,15,18H,10-12H2,1-5H3. The summed E-state index contributed by atoms with van der Waals surface area (Å²) in [4.78, 5) is 0. The van der Waals surface area contributed by atoms with E-state index in [1.165, 1.54) is 30.4 Å². The Bertz CT molecular complexity index is 412. The Morgan fingerprint density at radius 2 is 1.78 bits per heavy atom. The molecule has 0 radical (unpaired) electrons. The van der Waals surface area contributed by atoms with Crippen molar-refractivity contribution in [3.8, 4) is 0 Å². The van der Waals surface area contributed by atoms with Crippen molar-refractivity contribution >= 4 is 0 Å². The summed E-state index contributed by atoms with van der Waals surface area (Å²) in [5.74, 6) is 0. The van der Waals surface area contributed by atoms with Crippen LogP contribution in [-0.2, 0) is 6.42 Å². The van der Waals surface area contributed by atoms with Crippen molar-refractivity contribution in [2.24, 2.45) is 5.41 Å². The first-order valence-electron chi connectivity index (χ1n) is 7.12. The first-order chi connectivity index (χ1) is 8.27. The lowest BCUT2D eigenvalue weighted by Crippen LogP contribution is -2.43. The number of benzene rings is 1. The van der Waals surface area contributed by atoms with Gasteiger partial charge in [0.05, 0.1) is 0 Å². The van der Waals surface area contributed by atoms with Gasteiger partial charge < -0.3 is 5.32 Å². The van der Waals surface area contributed by atoms with E-state index in [2.05, 4.69) is 64.2 Å². The molecule has 0 amide bonds. The minimum absolute atomic E-state index is 0.195. The monoisotopic (exact) mass is 245 g/mol. The fourth-order valence-corrected chi connectivity index (χ4v) is 3.56. The molecule has 1 nitrogen and oxygen atoms in total. The van der Waals surface area contributed by atoms with Gasteiger partial charge in [-0.15, -0.1) is 0 Å². The van der Waals surface area contributed by atoms with Crippen LogP contribution in [0.2, 0.25) is 0 Å². The first kappa shape index (κ1) is 13.6. The normalized spacial score (nSPS) is 19.9. The van der Waals surface area contributed by atoms with Crippen molar-refractivity contribution < 1.29 is 0 Å². The quantitative estimate of drug-likeness (QED) is 0.828. The summed E-state index contributed by atoms with van der Waals surface area (Å²) in [6, 6.07) is 9.41. The van der Waals surface area contributed by atoms with Crippen molar-refractivity contribution in [2.75, 3.05) is 0 Å². The number of nitrogens with one attached hydrogen (secondary N) is 1. The molecular weight excluding hydrogens is 218 g/mol. The molecule has 100 valence electrons. The van der Waals surface area contributed by atoms with Crippen LogP contribution >= 0.6 is 0 Å². The Morgan fingerprint density at radius 1 is 1.11 bits per heavy atom. The highest BCUT2D eigenvalue weighted by atomic mass is 15.0. The first-order valence-corrected chi connectivity index (χ1v) is 7.12. The van der Waals surface area contributed by atoms with Gasteiger partial charge in [0.15, 0.2) is 0 Å². The highest BCUT2D eigenvalue weighted by Crippen LogP contribution is 2.35. The topological polar surface area (TPSA) is 12.0 Å². The van der Waals surface area contributed by atoms with E-state index in [-0.39, 0.29) is 5.54 Å². The number of aryl methyl sites for hydroxylation is 1. The molecule has 1 aliphatic rings. The zero-order chi connectivity index (χ0) is 13.4. The Kier molecular flexibility index (Phi) is 3.55. The van der Waals surface area contributed by atoms with E-state index in [0.29, 0.717) is 11.5 Å². The van der Waals surface area contributed by atoms with E-state index in [0.717, 1.165) is 0 Å². The molecule has 1 atom stereocenters. The molecule has 1 unspecified atom stereocenters. The van der Waals surface area contributed by atoms with Crippen LogP contribution in [0.15, 0.2) is 24.3 Å². The number of hydrogen-bond acceptors (Lipinski definition) is 1. The molecule has 1 aromatic carbocycles. The Labute approximate surface area is 112 Å². The summed E-state index contributed by atoms with van der Waals surface area (Å²) in [6.07, 6.45) is 3.66. The zero-order valence-corrected chi connectivity index (χ0v) is 12.5. The Hall–Kier alpha value is -0.820. The van der Waals surface area contributed by atoms with Gasteiger partial charge in [0.1, 0.15) is 0 Å². The molecular formula is C17H27N. The third-order valence-electron chi connectivity index (χ3n) is 3.67. The van der Waals surface area contributed by atoms with Gasteiger partial charge in [-0.3, -0.25) is 0 Å². The molecule has 0 bridgehead atoms. The lowest BCUT2D eigenvalue weighted by Gasteiger charge is -2.36. The fourth-order valence-electron chi connectivity index (χ4n) is 3.56. The molecule has 1 heteroatoms. The van der Waals surface area contributed by atoms with Crippen molar-refractivity contribution in [1.82, 2.24) is 5.32 Å². The van der Waals surface area contributed by atoms with Crippen LogP contribution in [0, 0.1) is 5.41 Å². The lowest BCUT2D eigenvalue weighted by molar-refractivity contribution is 0.222. The van der Waals surface area contributed by atoms with E-state index < -0.39 is 0 Å². The van der Waals surface area contributed by atoms with E-state index in [4.69, 9.17) is 0 Å². The molecule has 0 spiro atoms. The zero-order valence-electron chi connectivity index (χ0n) is 12.5. The van der Waals surface area contributed by atoms with Gasteiger partial charge in [-0.2, -0.15) is 0 Å². The number of hydrogen-bond donors (Lipinski definition) is 1. The van der Waals surface area contributed by atoms with Crippen LogP contribution in [0.5, 0.6) is 0 Å². The second kappa shape index (κ2) is 4.70. The summed E-state index contributed by atoms with van der Waals surface area (Å²) in [5, 5.41) is 3.87. The number of rotatable bonds is 3. The molecule has 2 rings (SSSR count). The summed E-state index contributed by atoms with van der Waals surface area (Å²) in [6.45, 7) is 11.6. The second-order valence-electron chi connectivity index (χ2n) is 7.56. The van der Waals surface area contributed by atoms with Crippen LogP contribution in [0.4, 0.5) is 0 Å². The molecule has 18 heavy (non-hydrogen) atoms. The maximum absolute atomic E-state index is 3.87. The van der Waals surface area contributed by atoms with Crippen LogP contribution in [-0.4, -0.2) is 5.54 Å². The van der Waals surface area contributed by atoms with Crippen molar-refractivity contribution in [2.45, 2.75) is 65.5 Å². The van der Waals surface area contributed by atoms with Crippen molar-refractivity contribution in [3.05, 3.63) is 35.4 Å². The molecule has 0 aliphatic heterocycles. The van der Waals surface area contributed by atoms with Gasteiger partial charge >= 0.3 is 0 Å². The molecule has 1 aromatic rings. The summed E-state index contributed by atoms with van der Waals surface area (Å²) in [7, 11) is 0. The Balaban J connectivity index is 2.07. The van der Waals surface area contributed by atoms with E-state index >= 15 is 0 Å². The molecule has 0 fully saturated rings. The predicted octanol–water partition coefficient (Wildman–Crippen LogP) is 4.48. The molecule has 1 aliphatic carbocycles. The van der Waals surface area contributed by atoms with E-state index in [9.17, 15) is 0 Å². The molecule has 0 saturated heterocycles. The maximum atomic E-state index is 3.87. The average Bonchev–Trinajstić information content (AvgIpc) is 2.57. The summed E-state index contributed by atoms with van der Waals surface area (Å²) < 4.78 is 0. The average molecular weight is 245 g/mol. The molecule has 0 heterocycles. The van der Waals surface area contributed by atoms with Crippen molar-refractivity contribution in [1.29, 1.82) is 0 Å². The van der Waals surface area contributed by atoms with Crippen LogP contribution in [0.3, 0.4) is 0 Å². The van der Waals surface area contributed by atoms with Crippen LogP contribution in [0.1, 0.15) is 64.6 Å². The summed E-state index contributed by atoms with van der Waals surface area (Å²) >= 11 is 0. The van der Waals surface area contributed by atoms with Gasteiger partial charge in [0.2, 0.25) is 0 Å². The largest absolute Gasteiger partial charge is 0.305 e. The molecule has 0 saturated carbocycles. The molecule has 1 N–H and O–H groups in total.